The molecule has 2 fully saturated rings. The van der Waals surface area contributed by atoms with Gasteiger partial charge in [-0.15, -0.1) is 0 Å². The molecule has 0 spiro atoms. The van der Waals surface area contributed by atoms with Crippen molar-refractivity contribution < 1.29 is 54.4 Å². The van der Waals surface area contributed by atoms with E-state index in [0.717, 1.165) is 0 Å². The molecule has 0 aromatic carbocycles. The van der Waals surface area contributed by atoms with Gasteiger partial charge in [0, 0.05) is 25.8 Å². The number of carbonyl (C=O) groups is 2. The van der Waals surface area contributed by atoms with Crippen LogP contribution in [0.5, 0.6) is 0 Å². The van der Waals surface area contributed by atoms with Crippen LogP contribution >= 0.6 is 0 Å². The van der Waals surface area contributed by atoms with Crippen molar-refractivity contribution >= 4 is 11.9 Å². The Bertz CT molecular complexity index is 914. The van der Waals surface area contributed by atoms with Gasteiger partial charge >= 0.3 is 5.97 Å². The van der Waals surface area contributed by atoms with Gasteiger partial charge in [-0.1, -0.05) is 27.7 Å². The lowest BCUT2D eigenvalue weighted by atomic mass is 9.73. The smallest absolute Gasteiger partial charge is 0.311 e. The molecule has 0 aromatic rings. The number of likely N-dealkylation sites (N-methyl/N-ethyl adjacent to an activating group) is 1. The molecule has 2 aliphatic heterocycles. The molecule has 2 rings (SSSR count). The number of amides is 1. The Labute approximate surface area is 249 Å². The minimum Gasteiger partial charge on any atom is -0.459 e. The first kappa shape index (κ1) is 36.8. The van der Waals surface area contributed by atoms with E-state index < -0.39 is 95.9 Å². The van der Waals surface area contributed by atoms with Crippen LogP contribution in [0.1, 0.15) is 81.6 Å². The number of aliphatic hydroxyl groups excluding tert-OH is 4. The van der Waals surface area contributed by atoms with Gasteiger partial charge in [0.25, 0.3) is 0 Å². The number of hydrogen-bond acceptors (Lipinski definition) is 11. The van der Waals surface area contributed by atoms with Crippen LogP contribution in [0.2, 0.25) is 0 Å². The third-order valence-electron chi connectivity index (χ3n) is 9.64. The van der Waals surface area contributed by atoms with Gasteiger partial charge in [-0.05, 0) is 52.9 Å². The number of carbonyl (C=O) groups excluding carboxylic acids is 2. The summed E-state index contributed by atoms with van der Waals surface area (Å²) in [5.74, 6) is -4.64. The third-order valence-corrected chi connectivity index (χ3v) is 9.64. The van der Waals surface area contributed by atoms with Crippen LogP contribution < -0.4 is 0 Å². The summed E-state index contributed by atoms with van der Waals surface area (Å²) >= 11 is 0. The highest BCUT2D eigenvalue weighted by Gasteiger charge is 2.51. The third kappa shape index (κ3) is 7.82. The molecule has 0 bridgehead atoms. The van der Waals surface area contributed by atoms with E-state index in [-0.39, 0.29) is 18.7 Å². The highest BCUT2D eigenvalue weighted by Crippen LogP contribution is 2.38. The molecule has 2 heterocycles. The lowest BCUT2D eigenvalue weighted by Crippen LogP contribution is -2.60. The summed E-state index contributed by atoms with van der Waals surface area (Å²) in [6.07, 6.45) is -8.97. The number of nitrogens with zero attached hydrogens (tertiary/aromatic N) is 1. The average Bonchev–Trinajstić information content (AvgIpc) is 2.91. The van der Waals surface area contributed by atoms with Crippen molar-refractivity contribution in [2.75, 3.05) is 7.05 Å². The monoisotopic (exact) mass is 605 g/mol. The van der Waals surface area contributed by atoms with Crippen LogP contribution in [-0.2, 0) is 23.8 Å². The molecule has 1 amide bonds. The van der Waals surface area contributed by atoms with Crippen LogP contribution in [0.4, 0.5) is 0 Å². The predicted octanol–water partition coefficient (Wildman–Crippen LogP) is 0.569. The molecule has 42 heavy (non-hydrogen) atoms. The lowest BCUT2D eigenvalue weighted by Gasteiger charge is -2.47. The molecule has 0 radical (unpaired) electrons. The van der Waals surface area contributed by atoms with E-state index in [1.165, 1.54) is 32.6 Å². The Balaban J connectivity index is 2.55. The van der Waals surface area contributed by atoms with Crippen molar-refractivity contribution in [2.24, 2.45) is 23.7 Å². The molecule has 0 saturated carbocycles. The molecule has 2 unspecified atom stereocenters. The van der Waals surface area contributed by atoms with E-state index >= 15 is 0 Å². The van der Waals surface area contributed by atoms with E-state index in [1.54, 1.807) is 41.7 Å². The minimum atomic E-state index is -1.91. The molecule has 246 valence electrons. The molecule has 15 atom stereocenters. The van der Waals surface area contributed by atoms with E-state index in [2.05, 4.69) is 0 Å². The Morgan fingerprint density at radius 2 is 1.57 bits per heavy atom. The Hall–Kier alpha value is -1.38. The van der Waals surface area contributed by atoms with E-state index in [4.69, 9.17) is 14.2 Å². The fourth-order valence-corrected chi connectivity index (χ4v) is 6.69. The summed E-state index contributed by atoms with van der Waals surface area (Å²) in [6.45, 7) is 14.0. The summed E-state index contributed by atoms with van der Waals surface area (Å²) < 4.78 is 17.8. The summed E-state index contributed by atoms with van der Waals surface area (Å²) in [4.78, 5) is 26.7. The topological polar surface area (TPSA) is 186 Å². The van der Waals surface area contributed by atoms with Gasteiger partial charge in [0.05, 0.1) is 48.1 Å². The molecule has 12 nitrogen and oxygen atoms in total. The largest absolute Gasteiger partial charge is 0.459 e. The van der Waals surface area contributed by atoms with Crippen LogP contribution in [0.3, 0.4) is 0 Å². The summed E-state index contributed by atoms with van der Waals surface area (Å²) in [5.41, 5.74) is -3.66. The SMILES string of the molecule is CC[C@H]1OC(=O)[C@H](C)[C@@H](O)[C@H](C)[C@@H](O[C@@H]2O[C@H](C)C[C@H](N(C)C(C)=O)[C@H]2O)C(C)(O)C[C@@H](C)C(O)[C@H](C)[C@@H](O)[C@]1(C)O. The molecule has 12 heteroatoms. The average molecular weight is 606 g/mol. The van der Waals surface area contributed by atoms with Crippen molar-refractivity contribution in [3.63, 3.8) is 0 Å². The predicted molar refractivity (Wildman–Crippen MR) is 153 cm³/mol. The number of ether oxygens (including phenoxy) is 3. The van der Waals surface area contributed by atoms with Crippen LogP contribution in [-0.4, -0.2) is 121 Å². The number of rotatable bonds is 4. The van der Waals surface area contributed by atoms with Gasteiger partial charge in [0.15, 0.2) is 6.29 Å². The molecular formula is C30H55NO11. The maximum absolute atomic E-state index is 13.2. The van der Waals surface area contributed by atoms with Gasteiger partial charge in [0.2, 0.25) is 5.91 Å². The fourth-order valence-electron chi connectivity index (χ4n) is 6.69. The minimum absolute atomic E-state index is 0.0692. The quantitative estimate of drug-likeness (QED) is 0.246. The molecular weight excluding hydrogens is 550 g/mol. The first-order valence-electron chi connectivity index (χ1n) is 15.1. The zero-order valence-corrected chi connectivity index (χ0v) is 26.8. The van der Waals surface area contributed by atoms with Crippen molar-refractivity contribution in [2.45, 2.75) is 148 Å². The first-order valence-corrected chi connectivity index (χ1v) is 15.1. The van der Waals surface area contributed by atoms with Gasteiger partial charge in [-0.25, -0.2) is 0 Å². The Morgan fingerprint density at radius 1 is 1.00 bits per heavy atom. The second kappa shape index (κ2) is 14.2. The Kier molecular flexibility index (Phi) is 12.4. The zero-order chi connectivity index (χ0) is 32.5. The number of cyclic esters (lactones) is 1. The molecule has 0 aliphatic carbocycles. The molecule has 0 aromatic heterocycles. The number of aliphatic hydroxyl groups is 6. The second-order valence-corrected chi connectivity index (χ2v) is 13.3. The maximum Gasteiger partial charge on any atom is 0.311 e. The Morgan fingerprint density at radius 3 is 2.10 bits per heavy atom. The summed E-state index contributed by atoms with van der Waals surface area (Å²) in [7, 11) is 1.57. The van der Waals surface area contributed by atoms with Crippen molar-refractivity contribution in [3.8, 4) is 0 Å². The summed E-state index contributed by atoms with van der Waals surface area (Å²) in [6, 6.07) is -0.629. The molecule has 2 aliphatic rings. The van der Waals surface area contributed by atoms with Crippen molar-refractivity contribution in [1.29, 1.82) is 0 Å². The van der Waals surface area contributed by atoms with Crippen molar-refractivity contribution in [3.05, 3.63) is 0 Å². The standard InChI is InChI=1S/C30H55NO11/c1-11-21-30(9,39)25(36)16(4)22(33)14(2)13-29(8,38)26(17(5)23(34)18(6)27(37)41-21)42-28-24(35)20(12-15(3)40-28)31(10)19(7)32/h14-18,20-26,28,33-36,38-39H,11-13H2,1-10H3/t14-,15-,16+,17+,18-,20+,21-,22?,23+,24-,25-,26-,28+,29?,30-/m1/s1. The lowest BCUT2D eigenvalue weighted by molar-refractivity contribution is -0.299. The van der Waals surface area contributed by atoms with Gasteiger partial charge in [0.1, 0.15) is 17.8 Å². The van der Waals surface area contributed by atoms with E-state index in [0.29, 0.717) is 6.42 Å². The van der Waals surface area contributed by atoms with E-state index in [9.17, 15) is 40.2 Å². The normalized spacial score (nSPS) is 48.2. The van der Waals surface area contributed by atoms with Crippen LogP contribution in [0.25, 0.3) is 0 Å². The number of hydrogen-bond donors (Lipinski definition) is 6. The van der Waals surface area contributed by atoms with Gasteiger partial charge in [-0.3, -0.25) is 9.59 Å². The van der Waals surface area contributed by atoms with Gasteiger partial charge in [-0.2, -0.15) is 0 Å². The maximum atomic E-state index is 13.2. The van der Waals surface area contributed by atoms with Crippen LogP contribution in [0.15, 0.2) is 0 Å². The number of esters is 1. The molecule has 6 N–H and O–H groups in total. The summed E-state index contributed by atoms with van der Waals surface area (Å²) in [5, 5.41) is 68.0. The van der Waals surface area contributed by atoms with Gasteiger partial charge < -0.3 is 49.7 Å². The van der Waals surface area contributed by atoms with Crippen molar-refractivity contribution in [1.82, 2.24) is 4.90 Å². The second-order valence-electron chi connectivity index (χ2n) is 13.3. The molecule has 2 saturated heterocycles. The zero-order valence-electron chi connectivity index (χ0n) is 26.8. The fraction of sp³-hybridized carbons (Fsp3) is 0.933. The highest BCUT2D eigenvalue weighted by atomic mass is 16.7. The first-order chi connectivity index (χ1) is 19.2. The van der Waals surface area contributed by atoms with E-state index in [1.807, 2.05) is 0 Å². The van der Waals surface area contributed by atoms with Crippen LogP contribution in [0, 0.1) is 23.7 Å². The highest BCUT2D eigenvalue weighted by molar-refractivity contribution is 5.73.